The smallest absolute Gasteiger partial charge is 0.260 e. The fourth-order valence-corrected chi connectivity index (χ4v) is 4.23. The van der Waals surface area contributed by atoms with E-state index in [0.717, 1.165) is 16.5 Å². The van der Waals surface area contributed by atoms with Crippen LogP contribution in [0.1, 0.15) is 12.0 Å². The maximum absolute atomic E-state index is 12.6. The number of nitrogens with zero attached hydrogens (tertiary/aromatic N) is 2. The molecule has 3 aromatic rings. The van der Waals surface area contributed by atoms with Gasteiger partial charge < -0.3 is 19.5 Å². The molecule has 1 aliphatic rings. The first-order valence-corrected chi connectivity index (χ1v) is 11.0. The lowest BCUT2D eigenvalue weighted by Crippen LogP contribution is -2.51. The number of carbonyl (C=O) groups excluding carboxylic acids is 2. The number of halogens is 2. The molecule has 4 rings (SSSR count). The third-order valence-electron chi connectivity index (χ3n) is 5.51. The number of aryl methyl sites for hydroxylation is 1. The molecule has 1 saturated heterocycles. The van der Waals surface area contributed by atoms with Gasteiger partial charge in [-0.05, 0) is 36.2 Å². The van der Waals surface area contributed by atoms with Crippen LogP contribution in [0.2, 0.25) is 10.0 Å². The summed E-state index contributed by atoms with van der Waals surface area (Å²) in [4.78, 5) is 31.9. The van der Waals surface area contributed by atoms with Crippen molar-refractivity contribution in [3.8, 4) is 5.75 Å². The van der Waals surface area contributed by atoms with Gasteiger partial charge in [-0.3, -0.25) is 9.59 Å². The van der Waals surface area contributed by atoms with Gasteiger partial charge >= 0.3 is 0 Å². The highest BCUT2D eigenvalue weighted by molar-refractivity contribution is 6.35. The molecule has 2 heterocycles. The van der Waals surface area contributed by atoms with Crippen molar-refractivity contribution >= 4 is 45.9 Å². The molecule has 0 bridgehead atoms. The largest absolute Gasteiger partial charge is 0.482 e. The van der Waals surface area contributed by atoms with Crippen molar-refractivity contribution in [2.75, 3.05) is 32.8 Å². The molecule has 0 spiro atoms. The first-order chi connectivity index (χ1) is 15.0. The van der Waals surface area contributed by atoms with Crippen molar-refractivity contribution in [2.24, 2.45) is 0 Å². The Morgan fingerprint density at radius 3 is 2.42 bits per heavy atom. The third-order valence-corrected chi connectivity index (χ3v) is 6.04. The van der Waals surface area contributed by atoms with E-state index in [0.29, 0.717) is 54.8 Å². The molecule has 1 N–H and O–H groups in total. The van der Waals surface area contributed by atoms with Gasteiger partial charge in [-0.25, -0.2) is 0 Å². The Balaban J connectivity index is 1.23. The van der Waals surface area contributed by atoms with Gasteiger partial charge in [-0.2, -0.15) is 0 Å². The molecule has 0 radical (unpaired) electrons. The highest BCUT2D eigenvalue weighted by Crippen LogP contribution is 2.27. The molecule has 0 saturated carbocycles. The van der Waals surface area contributed by atoms with Gasteiger partial charge in [0, 0.05) is 54.7 Å². The van der Waals surface area contributed by atoms with Crippen LogP contribution in [-0.2, 0) is 16.0 Å². The van der Waals surface area contributed by atoms with Crippen molar-refractivity contribution in [3.63, 3.8) is 0 Å². The average Bonchev–Trinajstić information content (AvgIpc) is 3.20. The molecule has 0 atom stereocenters. The SMILES string of the molecule is O=C(CCc1c[nH]c2ccccc12)N1CCN(C(=O)COc2ccc(Cl)cc2Cl)CC1. The van der Waals surface area contributed by atoms with Crippen LogP contribution in [0.5, 0.6) is 5.75 Å². The molecule has 6 nitrogen and oxygen atoms in total. The van der Waals surface area contributed by atoms with Crippen molar-refractivity contribution < 1.29 is 14.3 Å². The number of fused-ring (bicyclic) bond motifs is 1. The Kier molecular flexibility index (Phi) is 6.68. The van der Waals surface area contributed by atoms with Gasteiger partial charge in [0.1, 0.15) is 5.75 Å². The molecular formula is C23H23Cl2N3O3. The second-order valence-electron chi connectivity index (χ2n) is 7.48. The number of carbonyl (C=O) groups is 2. The molecule has 31 heavy (non-hydrogen) atoms. The van der Waals surface area contributed by atoms with Gasteiger partial charge in [0.25, 0.3) is 5.91 Å². The van der Waals surface area contributed by atoms with Crippen LogP contribution in [0.3, 0.4) is 0 Å². The van der Waals surface area contributed by atoms with Crippen LogP contribution in [0.15, 0.2) is 48.7 Å². The van der Waals surface area contributed by atoms with Crippen LogP contribution in [0.4, 0.5) is 0 Å². The Bertz CT molecular complexity index is 1090. The number of para-hydroxylation sites is 1. The normalized spacial score (nSPS) is 14.1. The minimum atomic E-state index is -0.128. The highest BCUT2D eigenvalue weighted by Gasteiger charge is 2.24. The van der Waals surface area contributed by atoms with E-state index in [9.17, 15) is 9.59 Å². The molecule has 2 aromatic carbocycles. The number of aromatic amines is 1. The number of benzene rings is 2. The number of amides is 2. The first kappa shape index (κ1) is 21.5. The van der Waals surface area contributed by atoms with Gasteiger partial charge in [0.15, 0.2) is 6.61 Å². The van der Waals surface area contributed by atoms with Crippen LogP contribution in [0.25, 0.3) is 10.9 Å². The predicted molar refractivity (Wildman–Crippen MR) is 122 cm³/mol. The lowest BCUT2D eigenvalue weighted by atomic mass is 10.1. The van der Waals surface area contributed by atoms with E-state index in [1.807, 2.05) is 29.3 Å². The molecular weight excluding hydrogens is 437 g/mol. The first-order valence-electron chi connectivity index (χ1n) is 10.2. The predicted octanol–water partition coefficient (Wildman–Crippen LogP) is 4.16. The molecule has 8 heteroatoms. The highest BCUT2D eigenvalue weighted by atomic mass is 35.5. The summed E-state index contributed by atoms with van der Waals surface area (Å²) >= 11 is 11.9. The molecule has 1 fully saturated rings. The summed E-state index contributed by atoms with van der Waals surface area (Å²) in [6, 6.07) is 13.0. The summed E-state index contributed by atoms with van der Waals surface area (Å²) in [6.45, 7) is 1.95. The zero-order valence-electron chi connectivity index (χ0n) is 16.9. The van der Waals surface area contributed by atoms with Crippen LogP contribution in [-0.4, -0.2) is 59.4 Å². The maximum atomic E-state index is 12.6. The molecule has 1 aliphatic heterocycles. The topological polar surface area (TPSA) is 65.6 Å². The van der Waals surface area contributed by atoms with Gasteiger partial charge in [0.2, 0.25) is 5.91 Å². The number of aromatic nitrogens is 1. The molecule has 1 aromatic heterocycles. The van der Waals surface area contributed by atoms with E-state index in [-0.39, 0.29) is 18.4 Å². The number of nitrogens with one attached hydrogen (secondary N) is 1. The maximum Gasteiger partial charge on any atom is 0.260 e. The molecule has 0 unspecified atom stereocenters. The van der Waals surface area contributed by atoms with E-state index in [2.05, 4.69) is 11.1 Å². The van der Waals surface area contributed by atoms with E-state index in [1.165, 1.54) is 0 Å². The van der Waals surface area contributed by atoms with Crippen LogP contribution >= 0.6 is 23.2 Å². The number of hydrogen-bond donors (Lipinski definition) is 1. The summed E-state index contributed by atoms with van der Waals surface area (Å²) in [7, 11) is 0. The lowest BCUT2D eigenvalue weighted by Gasteiger charge is -2.34. The van der Waals surface area contributed by atoms with Gasteiger partial charge in [0.05, 0.1) is 5.02 Å². The standard InChI is InChI=1S/C23H23Cl2N3O3/c24-17-6-7-21(19(25)13-17)31-15-23(30)28-11-9-27(10-12-28)22(29)8-5-16-14-26-20-4-2-1-3-18(16)20/h1-4,6-7,13-14,26H,5,8-12,15H2. The lowest BCUT2D eigenvalue weighted by molar-refractivity contribution is -0.140. The number of ether oxygens (including phenoxy) is 1. The van der Waals surface area contributed by atoms with Crippen molar-refractivity contribution in [1.29, 1.82) is 0 Å². The Hall–Kier alpha value is -2.70. The van der Waals surface area contributed by atoms with Gasteiger partial charge in [-0.15, -0.1) is 0 Å². The van der Waals surface area contributed by atoms with Gasteiger partial charge in [-0.1, -0.05) is 41.4 Å². The summed E-state index contributed by atoms with van der Waals surface area (Å²) < 4.78 is 5.53. The van der Waals surface area contributed by atoms with E-state index < -0.39 is 0 Å². The number of piperazine rings is 1. The summed E-state index contributed by atoms with van der Waals surface area (Å²) in [5.41, 5.74) is 2.23. The van der Waals surface area contributed by atoms with E-state index in [4.69, 9.17) is 27.9 Å². The Labute approximate surface area is 190 Å². The van der Waals surface area contributed by atoms with E-state index in [1.54, 1.807) is 23.1 Å². The summed E-state index contributed by atoms with van der Waals surface area (Å²) in [5.74, 6) is 0.406. The van der Waals surface area contributed by atoms with E-state index >= 15 is 0 Å². The second-order valence-corrected chi connectivity index (χ2v) is 8.33. The minimum absolute atomic E-state index is 0.101. The average molecular weight is 460 g/mol. The fraction of sp³-hybridized carbons (Fsp3) is 0.304. The zero-order valence-corrected chi connectivity index (χ0v) is 18.5. The quantitative estimate of drug-likeness (QED) is 0.601. The Morgan fingerprint density at radius 1 is 0.968 bits per heavy atom. The molecule has 162 valence electrons. The Morgan fingerprint density at radius 2 is 1.68 bits per heavy atom. The summed E-state index contributed by atoms with van der Waals surface area (Å²) in [6.07, 6.45) is 3.12. The minimum Gasteiger partial charge on any atom is -0.482 e. The monoisotopic (exact) mass is 459 g/mol. The molecule has 2 amide bonds. The number of hydrogen-bond acceptors (Lipinski definition) is 3. The van der Waals surface area contributed by atoms with Crippen LogP contribution < -0.4 is 4.74 Å². The summed E-state index contributed by atoms with van der Waals surface area (Å²) in [5, 5.41) is 2.03. The number of rotatable bonds is 6. The zero-order chi connectivity index (χ0) is 21.8. The van der Waals surface area contributed by atoms with Crippen molar-refractivity contribution in [1.82, 2.24) is 14.8 Å². The van der Waals surface area contributed by atoms with Crippen LogP contribution in [0, 0.1) is 0 Å². The third kappa shape index (κ3) is 5.14. The van der Waals surface area contributed by atoms with Crippen molar-refractivity contribution in [2.45, 2.75) is 12.8 Å². The molecule has 0 aliphatic carbocycles. The number of H-pyrrole nitrogens is 1. The van der Waals surface area contributed by atoms with Crippen molar-refractivity contribution in [3.05, 3.63) is 64.3 Å². The second kappa shape index (κ2) is 9.62. The fourth-order valence-electron chi connectivity index (χ4n) is 3.77.